The number of nitrogens with two attached hydrogens (primary N) is 1. The van der Waals surface area contributed by atoms with Crippen LogP contribution in [0.3, 0.4) is 0 Å². The summed E-state index contributed by atoms with van der Waals surface area (Å²) < 4.78 is 35.5. The molecule has 2 aromatic carbocycles. The number of benzene rings is 2. The first-order valence-corrected chi connectivity index (χ1v) is 9.12. The van der Waals surface area contributed by atoms with E-state index in [0.29, 0.717) is 5.56 Å². The van der Waals surface area contributed by atoms with E-state index in [9.17, 15) is 22.4 Å². The Morgan fingerprint density at radius 3 is 2.27 bits per heavy atom. The molecule has 136 valence electrons. The minimum absolute atomic E-state index is 0.0501. The molecular weight excluding hydrogens is 383 g/mol. The zero-order valence-electron chi connectivity index (χ0n) is 13.5. The number of anilines is 1. The highest BCUT2D eigenvalue weighted by atomic mass is 35.5. The molecule has 0 fully saturated rings. The Morgan fingerprint density at radius 1 is 1.15 bits per heavy atom. The average molecular weight is 397 g/mol. The summed E-state index contributed by atoms with van der Waals surface area (Å²) in [5, 5.41) is 7.52. The number of primary sulfonamides is 1. The maximum atomic E-state index is 13.1. The van der Waals surface area contributed by atoms with Crippen LogP contribution in [0.15, 0.2) is 52.9 Å². The Kier molecular flexibility index (Phi) is 5.91. The molecule has 3 N–H and O–H groups in total. The van der Waals surface area contributed by atoms with Crippen LogP contribution in [0.25, 0.3) is 6.08 Å². The molecule has 6 nitrogen and oxygen atoms in total. The summed E-state index contributed by atoms with van der Waals surface area (Å²) in [6, 6.07) is 8.67. The fourth-order valence-electron chi connectivity index (χ4n) is 2.03. The predicted molar refractivity (Wildman–Crippen MR) is 96.5 cm³/mol. The number of carbonyl (C=O) groups is 2. The lowest BCUT2D eigenvalue weighted by Crippen LogP contribution is -2.19. The van der Waals surface area contributed by atoms with Crippen LogP contribution < -0.4 is 10.5 Å². The van der Waals surface area contributed by atoms with Gasteiger partial charge in [-0.3, -0.25) is 9.59 Å². The van der Waals surface area contributed by atoms with Crippen LogP contribution in [0.4, 0.5) is 10.1 Å². The number of amides is 1. The first-order chi connectivity index (χ1) is 12.1. The molecule has 0 radical (unpaired) electrons. The number of Topliss-reactive ketones (excluding diaryl/α,β-unsaturated/α-hetero) is 1. The van der Waals surface area contributed by atoms with E-state index in [1.807, 2.05) is 0 Å². The molecule has 0 bridgehead atoms. The minimum Gasteiger partial charge on any atom is -0.322 e. The second kappa shape index (κ2) is 7.77. The number of nitrogens with one attached hydrogen (secondary N) is 1. The third-order valence-corrected chi connectivity index (χ3v) is 4.58. The normalized spacial score (nSPS) is 11.9. The van der Waals surface area contributed by atoms with Gasteiger partial charge in [-0.15, -0.1) is 0 Å². The van der Waals surface area contributed by atoms with Crippen molar-refractivity contribution in [2.24, 2.45) is 5.14 Å². The van der Waals surface area contributed by atoms with Gasteiger partial charge in [0.05, 0.1) is 15.5 Å². The van der Waals surface area contributed by atoms with Gasteiger partial charge in [0.25, 0.3) is 5.91 Å². The summed E-state index contributed by atoms with van der Waals surface area (Å²) in [6.07, 6.45) is 1.25. The van der Waals surface area contributed by atoms with Crippen molar-refractivity contribution in [3.8, 4) is 0 Å². The van der Waals surface area contributed by atoms with Crippen molar-refractivity contribution in [1.82, 2.24) is 0 Å². The molecule has 0 atom stereocenters. The van der Waals surface area contributed by atoms with E-state index >= 15 is 0 Å². The standard InChI is InChI=1S/C17H14ClFN2O4S/c1-10(22)15(8-11-2-3-12(19)9-16(11)18)17(23)21-13-4-6-14(7-5-13)26(20,24)25/h2-9H,1H3,(H,21,23)(H2,20,24,25)/b15-8+. The molecule has 0 spiro atoms. The Balaban J connectivity index is 2.29. The van der Waals surface area contributed by atoms with Crippen LogP contribution in [-0.2, 0) is 19.6 Å². The molecule has 0 saturated carbocycles. The largest absolute Gasteiger partial charge is 0.322 e. The first-order valence-electron chi connectivity index (χ1n) is 7.20. The second-order valence-corrected chi connectivity index (χ2v) is 7.27. The van der Waals surface area contributed by atoms with Crippen LogP contribution in [0, 0.1) is 5.82 Å². The van der Waals surface area contributed by atoms with E-state index in [2.05, 4.69) is 5.32 Å². The quantitative estimate of drug-likeness (QED) is 0.460. The zero-order valence-corrected chi connectivity index (χ0v) is 15.1. The van der Waals surface area contributed by atoms with Gasteiger partial charge in [0.15, 0.2) is 5.78 Å². The van der Waals surface area contributed by atoms with Gasteiger partial charge in [-0.05, 0) is 55.0 Å². The van der Waals surface area contributed by atoms with Crippen molar-refractivity contribution in [2.45, 2.75) is 11.8 Å². The molecular formula is C17H14ClFN2O4S. The zero-order chi connectivity index (χ0) is 19.5. The monoisotopic (exact) mass is 396 g/mol. The Bertz CT molecular complexity index is 1000. The fourth-order valence-corrected chi connectivity index (χ4v) is 2.76. The Labute approximate surface area is 154 Å². The van der Waals surface area contributed by atoms with Crippen LogP contribution in [0.5, 0.6) is 0 Å². The van der Waals surface area contributed by atoms with Gasteiger partial charge in [0.2, 0.25) is 10.0 Å². The van der Waals surface area contributed by atoms with Crippen molar-refractivity contribution in [3.05, 3.63) is 64.4 Å². The number of ketones is 1. The lowest BCUT2D eigenvalue weighted by Gasteiger charge is -2.08. The summed E-state index contributed by atoms with van der Waals surface area (Å²) >= 11 is 5.91. The average Bonchev–Trinajstić information content (AvgIpc) is 2.53. The van der Waals surface area contributed by atoms with Gasteiger partial charge >= 0.3 is 0 Å². The van der Waals surface area contributed by atoms with Crippen LogP contribution in [-0.4, -0.2) is 20.1 Å². The van der Waals surface area contributed by atoms with E-state index in [4.69, 9.17) is 16.7 Å². The number of halogens is 2. The van der Waals surface area contributed by atoms with E-state index in [0.717, 1.165) is 12.1 Å². The van der Waals surface area contributed by atoms with Gasteiger partial charge in [-0.25, -0.2) is 17.9 Å². The molecule has 2 aromatic rings. The van der Waals surface area contributed by atoms with Gasteiger partial charge in [0, 0.05) is 5.69 Å². The van der Waals surface area contributed by atoms with Crippen molar-refractivity contribution >= 4 is 45.1 Å². The van der Waals surface area contributed by atoms with Crippen molar-refractivity contribution in [3.63, 3.8) is 0 Å². The fraction of sp³-hybridized carbons (Fsp3) is 0.0588. The highest BCUT2D eigenvalue weighted by molar-refractivity contribution is 7.89. The molecule has 0 aliphatic rings. The molecule has 2 rings (SSSR count). The summed E-state index contributed by atoms with van der Waals surface area (Å²) in [6.45, 7) is 1.20. The van der Waals surface area contributed by atoms with E-state index in [1.54, 1.807) is 0 Å². The number of hydrogen-bond acceptors (Lipinski definition) is 4. The molecule has 0 saturated heterocycles. The van der Waals surface area contributed by atoms with Crippen molar-refractivity contribution < 1.29 is 22.4 Å². The third kappa shape index (κ3) is 4.98. The van der Waals surface area contributed by atoms with E-state index in [-0.39, 0.29) is 21.2 Å². The third-order valence-electron chi connectivity index (χ3n) is 3.33. The molecule has 9 heteroatoms. The first kappa shape index (κ1) is 19.8. The van der Waals surface area contributed by atoms with Crippen LogP contribution in [0.1, 0.15) is 12.5 Å². The maximum Gasteiger partial charge on any atom is 0.259 e. The summed E-state index contributed by atoms with van der Waals surface area (Å²) in [5.41, 5.74) is 0.367. The Morgan fingerprint density at radius 2 is 1.77 bits per heavy atom. The molecule has 0 aliphatic heterocycles. The van der Waals surface area contributed by atoms with E-state index < -0.39 is 27.5 Å². The molecule has 0 aliphatic carbocycles. The van der Waals surface area contributed by atoms with Crippen LogP contribution >= 0.6 is 11.6 Å². The number of carbonyl (C=O) groups excluding carboxylic acids is 2. The minimum atomic E-state index is -3.85. The molecule has 0 heterocycles. The lowest BCUT2D eigenvalue weighted by atomic mass is 10.1. The summed E-state index contributed by atoms with van der Waals surface area (Å²) in [7, 11) is -3.85. The molecule has 0 aromatic heterocycles. The van der Waals surface area contributed by atoms with Crippen LogP contribution in [0.2, 0.25) is 5.02 Å². The van der Waals surface area contributed by atoms with Crippen molar-refractivity contribution in [2.75, 3.05) is 5.32 Å². The number of hydrogen-bond donors (Lipinski definition) is 2. The second-order valence-electron chi connectivity index (χ2n) is 5.30. The SMILES string of the molecule is CC(=O)/C(=C\c1ccc(F)cc1Cl)C(=O)Nc1ccc(S(N)(=O)=O)cc1. The highest BCUT2D eigenvalue weighted by Crippen LogP contribution is 2.21. The molecule has 1 amide bonds. The predicted octanol–water partition coefficient (Wildman–Crippen LogP) is 2.74. The van der Waals surface area contributed by atoms with Gasteiger partial charge < -0.3 is 5.32 Å². The molecule has 0 unspecified atom stereocenters. The maximum absolute atomic E-state index is 13.1. The number of sulfonamides is 1. The topological polar surface area (TPSA) is 106 Å². The molecule has 26 heavy (non-hydrogen) atoms. The Hall–Kier alpha value is -2.55. The lowest BCUT2D eigenvalue weighted by molar-refractivity contribution is -0.118. The summed E-state index contributed by atoms with van der Waals surface area (Å²) in [5.74, 6) is -1.79. The van der Waals surface area contributed by atoms with Gasteiger partial charge in [-0.1, -0.05) is 17.7 Å². The summed E-state index contributed by atoms with van der Waals surface area (Å²) in [4.78, 5) is 24.0. The van der Waals surface area contributed by atoms with E-state index in [1.165, 1.54) is 43.3 Å². The number of rotatable bonds is 5. The highest BCUT2D eigenvalue weighted by Gasteiger charge is 2.16. The smallest absolute Gasteiger partial charge is 0.259 e. The van der Waals surface area contributed by atoms with Gasteiger partial charge in [-0.2, -0.15) is 0 Å². The van der Waals surface area contributed by atoms with Gasteiger partial charge in [0.1, 0.15) is 5.82 Å². The van der Waals surface area contributed by atoms with Crippen molar-refractivity contribution in [1.29, 1.82) is 0 Å².